The van der Waals surface area contributed by atoms with Crippen LogP contribution in [-0.4, -0.2) is 66.1 Å². The zero-order valence-electron chi connectivity index (χ0n) is 21.6. The third-order valence-corrected chi connectivity index (χ3v) is 6.18. The number of morpholine rings is 1. The Labute approximate surface area is 228 Å². The van der Waals surface area contributed by atoms with Crippen molar-refractivity contribution in [2.75, 3.05) is 55.3 Å². The molecule has 2 aromatic carbocycles. The van der Waals surface area contributed by atoms with Crippen molar-refractivity contribution in [1.29, 1.82) is 0 Å². The Hall–Kier alpha value is -4.10. The van der Waals surface area contributed by atoms with Crippen molar-refractivity contribution in [3.05, 3.63) is 76.9 Å². The summed E-state index contributed by atoms with van der Waals surface area (Å²) in [6.07, 6.45) is -0.985. The number of rotatable bonds is 9. The van der Waals surface area contributed by atoms with Crippen molar-refractivity contribution in [3.8, 4) is 0 Å². The SMILES string of the molecule is Cc1ccc(NC(=O)c2cc(F)cc(C(F)(F)F)c2)cc1C(=O)Nc1cnc(NCCCN2CCOCC2)nc1. The van der Waals surface area contributed by atoms with E-state index >= 15 is 0 Å². The maximum atomic E-state index is 13.7. The highest BCUT2D eigenvalue weighted by molar-refractivity contribution is 6.08. The van der Waals surface area contributed by atoms with Crippen LogP contribution in [0.15, 0.2) is 48.8 Å². The highest BCUT2D eigenvalue weighted by Crippen LogP contribution is 2.30. The van der Waals surface area contributed by atoms with Gasteiger partial charge < -0.3 is 20.7 Å². The number of halogens is 4. The highest BCUT2D eigenvalue weighted by atomic mass is 19.4. The number of nitrogens with zero attached hydrogens (tertiary/aromatic N) is 3. The van der Waals surface area contributed by atoms with E-state index < -0.39 is 34.9 Å². The minimum absolute atomic E-state index is 0.145. The minimum atomic E-state index is -4.81. The predicted molar refractivity (Wildman–Crippen MR) is 141 cm³/mol. The summed E-state index contributed by atoms with van der Waals surface area (Å²) in [6, 6.07) is 5.99. The number of benzene rings is 2. The van der Waals surface area contributed by atoms with Crippen LogP contribution in [0, 0.1) is 12.7 Å². The van der Waals surface area contributed by atoms with Gasteiger partial charge in [-0.05, 0) is 55.8 Å². The lowest BCUT2D eigenvalue weighted by Crippen LogP contribution is -2.37. The van der Waals surface area contributed by atoms with Crippen molar-refractivity contribution in [2.45, 2.75) is 19.5 Å². The number of aromatic nitrogens is 2. The van der Waals surface area contributed by atoms with Gasteiger partial charge in [0, 0.05) is 36.4 Å². The van der Waals surface area contributed by atoms with Crippen LogP contribution in [0.25, 0.3) is 0 Å². The van der Waals surface area contributed by atoms with Crippen LogP contribution >= 0.6 is 0 Å². The van der Waals surface area contributed by atoms with E-state index in [0.717, 1.165) is 39.3 Å². The normalized spacial score (nSPS) is 14.0. The second kappa shape index (κ2) is 12.8. The first-order valence-corrected chi connectivity index (χ1v) is 12.6. The van der Waals surface area contributed by atoms with E-state index in [1.54, 1.807) is 13.0 Å². The number of aryl methyl sites for hydroxylation is 1. The molecule has 212 valence electrons. The molecule has 4 rings (SSSR count). The molecule has 40 heavy (non-hydrogen) atoms. The fraction of sp³-hybridized carbons (Fsp3) is 0.333. The summed E-state index contributed by atoms with van der Waals surface area (Å²) in [4.78, 5) is 36.2. The molecule has 2 amide bonds. The quantitative estimate of drug-likeness (QED) is 0.260. The van der Waals surface area contributed by atoms with E-state index in [0.29, 0.717) is 41.9 Å². The molecular formula is C27H28F4N6O3. The first kappa shape index (κ1) is 28.9. The Morgan fingerprint density at radius 1 is 0.975 bits per heavy atom. The second-order valence-electron chi connectivity index (χ2n) is 9.19. The summed E-state index contributed by atoms with van der Waals surface area (Å²) >= 11 is 0. The molecule has 1 aromatic heterocycles. The third-order valence-electron chi connectivity index (χ3n) is 6.18. The maximum absolute atomic E-state index is 13.7. The van der Waals surface area contributed by atoms with Crippen molar-refractivity contribution in [1.82, 2.24) is 14.9 Å². The number of carbonyl (C=O) groups is 2. The molecule has 0 spiro atoms. The van der Waals surface area contributed by atoms with Gasteiger partial charge in [-0.2, -0.15) is 13.2 Å². The molecule has 0 bridgehead atoms. The summed E-state index contributed by atoms with van der Waals surface area (Å²) in [5, 5.41) is 8.23. The van der Waals surface area contributed by atoms with Gasteiger partial charge in [0.2, 0.25) is 5.95 Å². The standard InChI is InChI=1S/C27H28F4N6O3/c1-17-3-4-21(35-24(38)18-11-19(27(29,30)31)13-20(28)12-18)14-23(17)25(39)36-22-15-33-26(34-16-22)32-5-2-6-37-7-9-40-10-8-37/h3-4,11-16H,2,5-10H2,1H3,(H,35,38)(H,36,39)(H,32,33,34). The van der Waals surface area contributed by atoms with Crippen LogP contribution in [0.3, 0.4) is 0 Å². The summed E-state index contributed by atoms with van der Waals surface area (Å²) in [5.74, 6) is -2.23. The van der Waals surface area contributed by atoms with E-state index in [1.165, 1.54) is 24.5 Å². The molecule has 1 fully saturated rings. The van der Waals surface area contributed by atoms with E-state index in [1.807, 2.05) is 0 Å². The van der Waals surface area contributed by atoms with Crippen LogP contribution in [0.1, 0.15) is 38.3 Å². The van der Waals surface area contributed by atoms with Gasteiger partial charge in [0.05, 0.1) is 36.9 Å². The molecule has 1 aliphatic heterocycles. The first-order valence-electron chi connectivity index (χ1n) is 12.6. The van der Waals surface area contributed by atoms with E-state index in [4.69, 9.17) is 4.74 Å². The lowest BCUT2D eigenvalue weighted by atomic mass is 10.1. The average Bonchev–Trinajstić information content (AvgIpc) is 2.92. The van der Waals surface area contributed by atoms with Gasteiger partial charge in [0.25, 0.3) is 11.8 Å². The number of ether oxygens (including phenoxy) is 1. The van der Waals surface area contributed by atoms with Gasteiger partial charge >= 0.3 is 6.18 Å². The molecule has 0 unspecified atom stereocenters. The molecule has 1 aliphatic rings. The van der Waals surface area contributed by atoms with Crippen LogP contribution in [0.5, 0.6) is 0 Å². The van der Waals surface area contributed by atoms with Gasteiger partial charge in [-0.3, -0.25) is 14.5 Å². The molecule has 0 atom stereocenters. The van der Waals surface area contributed by atoms with Crippen molar-refractivity contribution in [2.24, 2.45) is 0 Å². The fourth-order valence-electron chi connectivity index (χ4n) is 4.04. The van der Waals surface area contributed by atoms with Crippen LogP contribution in [0.4, 0.5) is 34.9 Å². The summed E-state index contributed by atoms with van der Waals surface area (Å²) in [6.45, 7) is 6.68. The second-order valence-corrected chi connectivity index (χ2v) is 9.19. The average molecular weight is 561 g/mol. The van der Waals surface area contributed by atoms with Gasteiger partial charge in [-0.25, -0.2) is 14.4 Å². The Morgan fingerprint density at radius 2 is 1.68 bits per heavy atom. The molecule has 9 nitrogen and oxygen atoms in total. The Morgan fingerprint density at radius 3 is 2.38 bits per heavy atom. The highest BCUT2D eigenvalue weighted by Gasteiger charge is 2.32. The largest absolute Gasteiger partial charge is 0.416 e. The number of amides is 2. The molecule has 0 radical (unpaired) electrons. The Balaban J connectivity index is 1.34. The number of carbonyl (C=O) groups excluding carboxylic acids is 2. The molecular weight excluding hydrogens is 532 g/mol. The Bertz CT molecular complexity index is 1350. The molecule has 0 saturated carbocycles. The monoisotopic (exact) mass is 560 g/mol. The van der Waals surface area contributed by atoms with Gasteiger partial charge in [0.1, 0.15) is 5.82 Å². The van der Waals surface area contributed by atoms with Gasteiger partial charge in [-0.1, -0.05) is 6.07 Å². The summed E-state index contributed by atoms with van der Waals surface area (Å²) in [5.41, 5.74) is -0.508. The summed E-state index contributed by atoms with van der Waals surface area (Å²) in [7, 11) is 0. The molecule has 0 aliphatic carbocycles. The van der Waals surface area contributed by atoms with E-state index in [9.17, 15) is 27.2 Å². The van der Waals surface area contributed by atoms with Gasteiger partial charge in [0.15, 0.2) is 0 Å². The maximum Gasteiger partial charge on any atom is 0.416 e. The van der Waals surface area contributed by atoms with Crippen LogP contribution in [-0.2, 0) is 10.9 Å². The number of anilines is 3. The van der Waals surface area contributed by atoms with Crippen molar-refractivity contribution < 1.29 is 31.9 Å². The predicted octanol–water partition coefficient (Wildman–Crippen LogP) is 4.58. The zero-order valence-corrected chi connectivity index (χ0v) is 21.6. The summed E-state index contributed by atoms with van der Waals surface area (Å²) < 4.78 is 58.0. The molecule has 13 heteroatoms. The lowest BCUT2D eigenvalue weighted by Gasteiger charge is -2.26. The van der Waals surface area contributed by atoms with E-state index in [2.05, 4.69) is 30.8 Å². The Kier molecular flexibility index (Phi) is 9.27. The first-order chi connectivity index (χ1) is 19.1. The molecule has 1 saturated heterocycles. The van der Waals surface area contributed by atoms with Gasteiger partial charge in [-0.15, -0.1) is 0 Å². The van der Waals surface area contributed by atoms with Crippen molar-refractivity contribution in [3.63, 3.8) is 0 Å². The number of hydrogen-bond donors (Lipinski definition) is 3. The topological polar surface area (TPSA) is 108 Å². The van der Waals surface area contributed by atoms with Crippen LogP contribution in [0.2, 0.25) is 0 Å². The lowest BCUT2D eigenvalue weighted by molar-refractivity contribution is -0.137. The zero-order chi connectivity index (χ0) is 28.7. The third kappa shape index (κ3) is 7.96. The van der Waals surface area contributed by atoms with Crippen molar-refractivity contribution >= 4 is 29.1 Å². The fourth-order valence-corrected chi connectivity index (χ4v) is 4.04. The molecule has 3 aromatic rings. The number of nitrogens with one attached hydrogen (secondary N) is 3. The minimum Gasteiger partial charge on any atom is -0.379 e. The smallest absolute Gasteiger partial charge is 0.379 e. The number of alkyl halides is 3. The molecule has 3 N–H and O–H groups in total. The van der Waals surface area contributed by atoms with E-state index in [-0.39, 0.29) is 11.3 Å². The van der Waals surface area contributed by atoms with Crippen LogP contribution < -0.4 is 16.0 Å². The molecule has 2 heterocycles. The number of hydrogen-bond acceptors (Lipinski definition) is 7.